The summed E-state index contributed by atoms with van der Waals surface area (Å²) in [6.07, 6.45) is 0. The van der Waals surface area contributed by atoms with E-state index in [-0.39, 0.29) is 5.95 Å². The van der Waals surface area contributed by atoms with Gasteiger partial charge in [-0.25, -0.2) is 4.98 Å². The molecule has 0 saturated carbocycles. The summed E-state index contributed by atoms with van der Waals surface area (Å²) in [5.74, 6) is 0.689. The number of H-pyrrole nitrogens is 1. The molecule has 2 heterocycles. The second-order valence-corrected chi connectivity index (χ2v) is 2.50. The van der Waals surface area contributed by atoms with Crippen molar-refractivity contribution in [1.29, 1.82) is 0 Å². The van der Waals surface area contributed by atoms with Gasteiger partial charge >= 0.3 is 0 Å². The van der Waals surface area contributed by atoms with E-state index in [2.05, 4.69) is 20.2 Å². The maximum absolute atomic E-state index is 5.59. The fourth-order valence-corrected chi connectivity index (χ4v) is 1.14. The van der Waals surface area contributed by atoms with Crippen LogP contribution in [0.15, 0.2) is 0 Å². The molecule has 0 amide bonds. The number of aromatic amines is 1. The molecule has 0 atom stereocenters. The highest BCUT2D eigenvalue weighted by atomic mass is 15.2. The van der Waals surface area contributed by atoms with E-state index in [9.17, 15) is 0 Å². The third-order valence-corrected chi connectivity index (χ3v) is 1.64. The molecule has 62 valence electrons. The second-order valence-electron chi connectivity index (χ2n) is 2.50. The van der Waals surface area contributed by atoms with Gasteiger partial charge in [0.1, 0.15) is 5.82 Å². The summed E-state index contributed by atoms with van der Waals surface area (Å²) < 4.78 is 0. The first kappa shape index (κ1) is 6.84. The highest BCUT2D eigenvalue weighted by Crippen LogP contribution is 2.18. The van der Waals surface area contributed by atoms with Crippen LogP contribution in [0, 0.1) is 6.92 Å². The lowest BCUT2D eigenvalue weighted by molar-refractivity contribution is 1.09. The molecule has 0 fully saturated rings. The quantitative estimate of drug-likeness (QED) is 0.501. The molecule has 6 nitrogen and oxygen atoms in total. The molecular weight excluding hydrogens is 156 g/mol. The highest BCUT2D eigenvalue weighted by molar-refractivity contribution is 5.88. The number of nitrogens with two attached hydrogens (primary N) is 2. The van der Waals surface area contributed by atoms with Gasteiger partial charge in [-0.15, -0.1) is 0 Å². The number of hydrogen-bond donors (Lipinski definition) is 3. The van der Waals surface area contributed by atoms with E-state index in [1.807, 2.05) is 6.92 Å². The molecule has 0 unspecified atom stereocenters. The molecule has 6 heteroatoms. The first-order chi connectivity index (χ1) is 5.68. The molecule has 0 aliphatic carbocycles. The molecule has 0 radical (unpaired) electrons. The van der Waals surface area contributed by atoms with Gasteiger partial charge < -0.3 is 11.5 Å². The maximum atomic E-state index is 5.59. The SMILES string of the molecule is Cc1nc(N)nc2n[nH]c(N)c12. The molecule has 2 aromatic rings. The summed E-state index contributed by atoms with van der Waals surface area (Å²) in [7, 11) is 0. The van der Waals surface area contributed by atoms with Gasteiger partial charge in [0.15, 0.2) is 5.65 Å². The van der Waals surface area contributed by atoms with E-state index in [0.29, 0.717) is 11.5 Å². The first-order valence-electron chi connectivity index (χ1n) is 3.42. The van der Waals surface area contributed by atoms with E-state index in [0.717, 1.165) is 11.1 Å². The number of aromatic nitrogens is 4. The van der Waals surface area contributed by atoms with Crippen molar-refractivity contribution in [2.45, 2.75) is 6.92 Å². The predicted octanol–water partition coefficient (Wildman–Crippen LogP) is -0.174. The van der Waals surface area contributed by atoms with Gasteiger partial charge in [-0.2, -0.15) is 10.1 Å². The fourth-order valence-electron chi connectivity index (χ4n) is 1.14. The minimum absolute atomic E-state index is 0.214. The van der Waals surface area contributed by atoms with Crippen molar-refractivity contribution in [2.75, 3.05) is 11.5 Å². The average molecular weight is 164 g/mol. The van der Waals surface area contributed by atoms with Crippen LogP contribution in [-0.2, 0) is 0 Å². The molecule has 5 N–H and O–H groups in total. The van der Waals surface area contributed by atoms with Crippen LogP contribution in [0.3, 0.4) is 0 Å². The lowest BCUT2D eigenvalue weighted by Crippen LogP contribution is -1.97. The molecule has 2 rings (SSSR count). The Morgan fingerprint density at radius 3 is 2.75 bits per heavy atom. The lowest BCUT2D eigenvalue weighted by Gasteiger charge is -1.95. The van der Waals surface area contributed by atoms with Crippen molar-refractivity contribution >= 4 is 22.8 Å². The Morgan fingerprint density at radius 1 is 1.25 bits per heavy atom. The molecule has 2 aromatic heterocycles. The second kappa shape index (κ2) is 2.07. The van der Waals surface area contributed by atoms with E-state index in [4.69, 9.17) is 11.5 Å². The number of nitrogens with zero attached hydrogens (tertiary/aromatic N) is 3. The molecule has 0 bridgehead atoms. The molecule has 0 spiro atoms. The Balaban J connectivity index is 2.93. The van der Waals surface area contributed by atoms with Crippen molar-refractivity contribution in [3.8, 4) is 0 Å². The normalized spacial score (nSPS) is 10.8. The Kier molecular flexibility index (Phi) is 1.18. The van der Waals surface area contributed by atoms with Crippen LogP contribution in [0.25, 0.3) is 11.0 Å². The molecule has 0 saturated heterocycles. The van der Waals surface area contributed by atoms with Crippen molar-refractivity contribution in [2.24, 2.45) is 0 Å². The average Bonchev–Trinajstić information content (AvgIpc) is 2.31. The summed E-state index contributed by atoms with van der Waals surface area (Å²) in [4.78, 5) is 7.86. The largest absolute Gasteiger partial charge is 0.383 e. The van der Waals surface area contributed by atoms with E-state index in [1.54, 1.807) is 0 Å². The Labute approximate surface area is 68.0 Å². The summed E-state index contributed by atoms with van der Waals surface area (Å²) in [6, 6.07) is 0. The Bertz CT molecular complexity index is 431. The number of nitrogen functional groups attached to an aromatic ring is 2. The van der Waals surface area contributed by atoms with Crippen molar-refractivity contribution < 1.29 is 0 Å². The van der Waals surface area contributed by atoms with Gasteiger partial charge in [0.05, 0.1) is 11.1 Å². The predicted molar refractivity (Wildman–Crippen MR) is 45.2 cm³/mol. The molecular formula is C6H8N6. The number of rotatable bonds is 0. The van der Waals surface area contributed by atoms with Crippen LogP contribution >= 0.6 is 0 Å². The van der Waals surface area contributed by atoms with Gasteiger partial charge in [0.2, 0.25) is 5.95 Å². The maximum Gasteiger partial charge on any atom is 0.222 e. The minimum Gasteiger partial charge on any atom is -0.383 e. The Morgan fingerprint density at radius 2 is 2.00 bits per heavy atom. The number of anilines is 2. The molecule has 0 aliphatic heterocycles. The summed E-state index contributed by atoms with van der Waals surface area (Å²) >= 11 is 0. The highest BCUT2D eigenvalue weighted by Gasteiger charge is 2.07. The van der Waals surface area contributed by atoms with E-state index < -0.39 is 0 Å². The van der Waals surface area contributed by atoms with E-state index >= 15 is 0 Å². The van der Waals surface area contributed by atoms with Crippen molar-refractivity contribution in [3.05, 3.63) is 5.69 Å². The zero-order chi connectivity index (χ0) is 8.72. The van der Waals surface area contributed by atoms with Crippen LogP contribution in [-0.4, -0.2) is 20.2 Å². The number of fused-ring (bicyclic) bond motifs is 1. The summed E-state index contributed by atoms with van der Waals surface area (Å²) in [5, 5.41) is 7.21. The zero-order valence-electron chi connectivity index (χ0n) is 6.50. The van der Waals surface area contributed by atoms with Crippen LogP contribution in [0.5, 0.6) is 0 Å². The number of hydrogen-bond acceptors (Lipinski definition) is 5. The molecule has 0 aliphatic rings. The van der Waals surface area contributed by atoms with Gasteiger partial charge in [0.25, 0.3) is 0 Å². The van der Waals surface area contributed by atoms with Gasteiger partial charge in [-0.3, -0.25) is 5.10 Å². The van der Waals surface area contributed by atoms with Crippen molar-refractivity contribution in [1.82, 2.24) is 20.2 Å². The van der Waals surface area contributed by atoms with Gasteiger partial charge in [-0.1, -0.05) is 0 Å². The lowest BCUT2D eigenvalue weighted by atomic mass is 10.3. The van der Waals surface area contributed by atoms with Gasteiger partial charge in [-0.05, 0) is 6.92 Å². The zero-order valence-corrected chi connectivity index (χ0v) is 6.50. The van der Waals surface area contributed by atoms with Crippen LogP contribution in [0.4, 0.5) is 11.8 Å². The van der Waals surface area contributed by atoms with Crippen LogP contribution in [0.1, 0.15) is 5.69 Å². The van der Waals surface area contributed by atoms with Crippen LogP contribution in [0.2, 0.25) is 0 Å². The summed E-state index contributed by atoms with van der Waals surface area (Å²) in [6.45, 7) is 1.81. The minimum atomic E-state index is 0.214. The Hall–Kier alpha value is -1.85. The molecule has 0 aromatic carbocycles. The third kappa shape index (κ3) is 0.777. The number of nitrogens with one attached hydrogen (secondary N) is 1. The number of aryl methyl sites for hydroxylation is 1. The smallest absolute Gasteiger partial charge is 0.222 e. The standard InChI is InChI=1S/C6H8N6/c1-2-3-4(7)11-12-5(3)10-6(8)9-2/h1H3,(H5,7,8,9,10,11,12). The van der Waals surface area contributed by atoms with Crippen LogP contribution < -0.4 is 11.5 Å². The van der Waals surface area contributed by atoms with Gasteiger partial charge in [0, 0.05) is 0 Å². The topological polar surface area (TPSA) is 106 Å². The van der Waals surface area contributed by atoms with E-state index in [1.165, 1.54) is 0 Å². The van der Waals surface area contributed by atoms with Crippen molar-refractivity contribution in [3.63, 3.8) is 0 Å². The summed E-state index contributed by atoms with van der Waals surface area (Å²) in [5.41, 5.74) is 12.3. The fraction of sp³-hybridized carbons (Fsp3) is 0.167. The third-order valence-electron chi connectivity index (χ3n) is 1.64. The first-order valence-corrected chi connectivity index (χ1v) is 3.42. The monoisotopic (exact) mass is 164 g/mol. The molecule has 12 heavy (non-hydrogen) atoms.